The van der Waals surface area contributed by atoms with Gasteiger partial charge in [-0.2, -0.15) is 0 Å². The van der Waals surface area contributed by atoms with E-state index in [-0.39, 0.29) is 18.6 Å². The number of rotatable bonds is 5. The van der Waals surface area contributed by atoms with Crippen LogP contribution in [0.25, 0.3) is 0 Å². The van der Waals surface area contributed by atoms with Crippen molar-refractivity contribution in [3.8, 4) is 11.8 Å². The predicted octanol–water partition coefficient (Wildman–Crippen LogP) is 2.40. The number of hydrogen-bond acceptors (Lipinski definition) is 3. The fourth-order valence-electron chi connectivity index (χ4n) is 1.59. The Morgan fingerprint density at radius 2 is 2.39 bits per heavy atom. The van der Waals surface area contributed by atoms with Gasteiger partial charge in [0.05, 0.1) is 0 Å². The lowest BCUT2D eigenvalue weighted by Gasteiger charge is -2.12. The topological polar surface area (TPSA) is 49.3 Å². The molecule has 1 heterocycles. The number of thiophene rings is 1. The molecule has 0 aliphatic heterocycles. The molecule has 0 spiro atoms. The zero-order valence-electron chi connectivity index (χ0n) is 10.8. The zero-order chi connectivity index (χ0) is 13.4. The van der Waals surface area contributed by atoms with Gasteiger partial charge in [-0.25, -0.2) is 0 Å². The summed E-state index contributed by atoms with van der Waals surface area (Å²) in [6.45, 7) is 3.96. The van der Waals surface area contributed by atoms with E-state index in [0.717, 1.165) is 19.3 Å². The second kappa shape index (κ2) is 7.91. The Kier molecular flexibility index (Phi) is 6.48. The maximum Gasteiger partial charge on any atom is 0.262 e. The van der Waals surface area contributed by atoms with Crippen molar-refractivity contribution in [2.45, 2.75) is 39.2 Å². The number of aliphatic hydroxyl groups excluding tert-OH is 1. The lowest BCUT2D eigenvalue weighted by atomic mass is 10.1. The summed E-state index contributed by atoms with van der Waals surface area (Å²) in [5.74, 6) is 5.28. The molecule has 0 aliphatic rings. The zero-order valence-corrected chi connectivity index (χ0v) is 11.6. The van der Waals surface area contributed by atoms with E-state index in [2.05, 4.69) is 24.1 Å². The highest BCUT2D eigenvalue weighted by molar-refractivity contribution is 7.12. The summed E-state index contributed by atoms with van der Waals surface area (Å²) in [6.07, 6.45) is 3.24. The van der Waals surface area contributed by atoms with Crippen molar-refractivity contribution in [1.29, 1.82) is 0 Å². The van der Waals surface area contributed by atoms with E-state index in [9.17, 15) is 4.79 Å². The molecule has 0 fully saturated rings. The third-order valence-corrected chi connectivity index (χ3v) is 3.45. The monoisotopic (exact) mass is 265 g/mol. The van der Waals surface area contributed by atoms with Crippen LogP contribution in [0.2, 0.25) is 0 Å². The van der Waals surface area contributed by atoms with E-state index in [1.807, 2.05) is 12.3 Å². The number of amides is 1. The number of hydrogen-bond donors (Lipinski definition) is 2. The van der Waals surface area contributed by atoms with E-state index in [1.165, 1.54) is 11.3 Å². The third-order valence-electron chi connectivity index (χ3n) is 2.54. The maximum absolute atomic E-state index is 12.0. The molecule has 1 aromatic rings. The van der Waals surface area contributed by atoms with Crippen LogP contribution in [0.4, 0.5) is 0 Å². The van der Waals surface area contributed by atoms with E-state index < -0.39 is 0 Å². The van der Waals surface area contributed by atoms with Crippen LogP contribution in [0.3, 0.4) is 0 Å². The van der Waals surface area contributed by atoms with Crippen LogP contribution in [-0.4, -0.2) is 23.7 Å². The Hall–Kier alpha value is -1.31. The molecule has 0 aliphatic carbocycles. The molecule has 1 aromatic heterocycles. The van der Waals surface area contributed by atoms with Gasteiger partial charge in [-0.05, 0) is 24.8 Å². The minimum absolute atomic E-state index is 0.0733. The van der Waals surface area contributed by atoms with Gasteiger partial charge in [-0.1, -0.05) is 31.6 Å². The van der Waals surface area contributed by atoms with Crippen molar-refractivity contribution >= 4 is 17.2 Å². The van der Waals surface area contributed by atoms with Gasteiger partial charge < -0.3 is 10.4 Å². The standard InChI is InChI=1S/C14H19NO2S/c1-3-4-6-11(2)15-14(17)13-12(7-5-9-16)8-10-18-13/h8,10-11,16H,3-4,6,9H2,1-2H3,(H,15,17). The van der Waals surface area contributed by atoms with Crippen LogP contribution in [-0.2, 0) is 0 Å². The molecule has 0 saturated heterocycles. The minimum atomic E-state index is -0.191. The molecule has 2 N–H and O–H groups in total. The second-order valence-electron chi connectivity index (χ2n) is 4.14. The predicted molar refractivity (Wildman–Crippen MR) is 74.7 cm³/mol. The molecule has 4 heteroatoms. The van der Waals surface area contributed by atoms with E-state index in [4.69, 9.17) is 5.11 Å². The van der Waals surface area contributed by atoms with E-state index in [0.29, 0.717) is 10.4 Å². The van der Waals surface area contributed by atoms with Crippen LogP contribution in [0.1, 0.15) is 48.3 Å². The Morgan fingerprint density at radius 1 is 1.61 bits per heavy atom. The number of unbranched alkanes of at least 4 members (excludes halogenated alkanes) is 1. The highest BCUT2D eigenvalue weighted by atomic mass is 32.1. The molecule has 1 unspecified atom stereocenters. The van der Waals surface area contributed by atoms with Crippen LogP contribution >= 0.6 is 11.3 Å². The first-order valence-corrected chi connectivity index (χ1v) is 7.05. The molecule has 0 bridgehead atoms. The molecular formula is C14H19NO2S. The van der Waals surface area contributed by atoms with Crippen LogP contribution in [0.15, 0.2) is 11.4 Å². The van der Waals surface area contributed by atoms with Gasteiger partial charge in [0.15, 0.2) is 0 Å². The summed E-state index contributed by atoms with van der Waals surface area (Å²) < 4.78 is 0. The Bertz CT molecular complexity index is 442. The average molecular weight is 265 g/mol. The van der Waals surface area contributed by atoms with Crippen molar-refractivity contribution in [2.24, 2.45) is 0 Å². The summed E-state index contributed by atoms with van der Waals surface area (Å²) >= 11 is 1.38. The molecule has 18 heavy (non-hydrogen) atoms. The quantitative estimate of drug-likeness (QED) is 0.803. The first kappa shape index (κ1) is 14.7. The van der Waals surface area contributed by atoms with Gasteiger partial charge in [0.25, 0.3) is 5.91 Å². The molecule has 0 aromatic carbocycles. The Labute approximate surface area is 112 Å². The van der Waals surface area contributed by atoms with Crippen molar-refractivity contribution in [1.82, 2.24) is 5.32 Å². The van der Waals surface area contributed by atoms with E-state index >= 15 is 0 Å². The maximum atomic E-state index is 12.0. The van der Waals surface area contributed by atoms with Gasteiger partial charge in [0, 0.05) is 11.6 Å². The number of carbonyl (C=O) groups is 1. The summed E-state index contributed by atoms with van der Waals surface area (Å²) in [5.41, 5.74) is 0.689. The average Bonchev–Trinajstić information content (AvgIpc) is 2.82. The highest BCUT2D eigenvalue weighted by Crippen LogP contribution is 2.16. The van der Waals surface area contributed by atoms with E-state index in [1.54, 1.807) is 6.07 Å². The third kappa shape index (κ3) is 4.52. The minimum Gasteiger partial charge on any atom is -0.384 e. The van der Waals surface area contributed by atoms with Gasteiger partial charge >= 0.3 is 0 Å². The van der Waals surface area contributed by atoms with Gasteiger partial charge in [0.1, 0.15) is 11.5 Å². The molecule has 1 rings (SSSR count). The van der Waals surface area contributed by atoms with Gasteiger partial charge in [-0.15, -0.1) is 11.3 Å². The number of aliphatic hydroxyl groups is 1. The van der Waals surface area contributed by atoms with Crippen LogP contribution < -0.4 is 5.32 Å². The lowest BCUT2D eigenvalue weighted by molar-refractivity contribution is 0.0942. The van der Waals surface area contributed by atoms with Crippen LogP contribution in [0, 0.1) is 11.8 Å². The lowest BCUT2D eigenvalue weighted by Crippen LogP contribution is -2.32. The summed E-state index contributed by atoms with van der Waals surface area (Å²) in [6, 6.07) is 1.98. The smallest absolute Gasteiger partial charge is 0.262 e. The van der Waals surface area contributed by atoms with Crippen LogP contribution in [0.5, 0.6) is 0 Å². The SMILES string of the molecule is CCCCC(C)NC(=O)c1sccc1C#CCO. The largest absolute Gasteiger partial charge is 0.384 e. The second-order valence-corrected chi connectivity index (χ2v) is 5.06. The van der Waals surface area contributed by atoms with Crippen molar-refractivity contribution < 1.29 is 9.90 Å². The Morgan fingerprint density at radius 3 is 3.06 bits per heavy atom. The first-order chi connectivity index (χ1) is 8.69. The molecule has 0 saturated carbocycles. The fourth-order valence-corrected chi connectivity index (χ4v) is 2.34. The molecular weight excluding hydrogens is 246 g/mol. The highest BCUT2D eigenvalue weighted by Gasteiger charge is 2.14. The van der Waals surface area contributed by atoms with Crippen molar-refractivity contribution in [3.63, 3.8) is 0 Å². The molecule has 1 amide bonds. The summed E-state index contributed by atoms with van der Waals surface area (Å²) in [7, 11) is 0. The number of nitrogens with one attached hydrogen (secondary N) is 1. The van der Waals surface area contributed by atoms with Crippen molar-refractivity contribution in [2.75, 3.05) is 6.61 Å². The summed E-state index contributed by atoms with van der Waals surface area (Å²) in [5, 5.41) is 13.5. The molecule has 1 atom stereocenters. The molecule has 0 radical (unpaired) electrons. The molecule has 3 nitrogen and oxygen atoms in total. The normalized spacial score (nSPS) is 11.5. The van der Waals surface area contributed by atoms with Gasteiger partial charge in [0.2, 0.25) is 0 Å². The van der Waals surface area contributed by atoms with Gasteiger partial charge in [-0.3, -0.25) is 4.79 Å². The Balaban J connectivity index is 2.64. The first-order valence-electron chi connectivity index (χ1n) is 6.17. The van der Waals surface area contributed by atoms with Crippen molar-refractivity contribution in [3.05, 3.63) is 21.9 Å². The molecule has 98 valence electrons. The number of carbonyl (C=O) groups excluding carboxylic acids is 1. The summed E-state index contributed by atoms with van der Waals surface area (Å²) in [4.78, 5) is 12.7. The fraction of sp³-hybridized carbons (Fsp3) is 0.500.